The van der Waals surface area contributed by atoms with Crippen LogP contribution in [0.1, 0.15) is 24.2 Å². The number of aliphatic hydroxyl groups is 1. The van der Waals surface area contributed by atoms with Crippen molar-refractivity contribution in [3.63, 3.8) is 0 Å². The number of hydrogen-bond donors (Lipinski definition) is 2. The second-order valence-electron chi connectivity index (χ2n) is 6.31. The van der Waals surface area contributed by atoms with Crippen molar-refractivity contribution >= 4 is 6.08 Å². The fourth-order valence-electron chi connectivity index (χ4n) is 2.98. The molecule has 0 aromatic heterocycles. The van der Waals surface area contributed by atoms with Gasteiger partial charge in [-0.3, -0.25) is 0 Å². The zero-order valence-corrected chi connectivity index (χ0v) is 15.4. The van der Waals surface area contributed by atoms with Crippen molar-refractivity contribution in [2.75, 3.05) is 27.4 Å². The Morgan fingerprint density at radius 1 is 1.12 bits per heavy atom. The maximum Gasteiger partial charge on any atom is 0.161 e. The van der Waals surface area contributed by atoms with Gasteiger partial charge < -0.3 is 24.6 Å². The van der Waals surface area contributed by atoms with Crippen LogP contribution in [0, 0.1) is 0 Å². The molecule has 0 spiro atoms. The predicted molar refractivity (Wildman–Crippen MR) is 102 cm³/mol. The minimum atomic E-state index is -0.644. The van der Waals surface area contributed by atoms with E-state index in [2.05, 4.69) is 18.3 Å². The van der Waals surface area contributed by atoms with Gasteiger partial charge in [0.1, 0.15) is 12.4 Å². The number of nitrogens with one attached hydrogen (secondary N) is 1. The summed E-state index contributed by atoms with van der Waals surface area (Å²) in [5.41, 5.74) is 3.02. The Labute approximate surface area is 154 Å². The summed E-state index contributed by atoms with van der Waals surface area (Å²) >= 11 is 0. The molecule has 0 amide bonds. The van der Waals surface area contributed by atoms with Gasteiger partial charge >= 0.3 is 0 Å². The SMILES string of the molecule is COc1ccc(C(O)CNC(C)C2=Cc3ccccc3OC2)cc1OC. The summed E-state index contributed by atoms with van der Waals surface area (Å²) in [4.78, 5) is 0. The Hall–Kier alpha value is -2.50. The fourth-order valence-corrected chi connectivity index (χ4v) is 2.98. The van der Waals surface area contributed by atoms with E-state index < -0.39 is 6.10 Å². The first-order valence-corrected chi connectivity index (χ1v) is 8.68. The van der Waals surface area contributed by atoms with Crippen LogP contribution in [0.25, 0.3) is 6.08 Å². The molecule has 0 saturated heterocycles. The number of hydrogen-bond acceptors (Lipinski definition) is 5. The molecule has 5 nitrogen and oxygen atoms in total. The molecule has 138 valence electrons. The molecule has 2 unspecified atom stereocenters. The summed E-state index contributed by atoms with van der Waals surface area (Å²) in [5.74, 6) is 2.17. The number of para-hydroxylation sites is 1. The molecule has 1 aliphatic rings. The molecule has 0 fully saturated rings. The Balaban J connectivity index is 1.63. The Bertz CT molecular complexity index is 787. The first-order chi connectivity index (χ1) is 12.6. The van der Waals surface area contributed by atoms with Crippen molar-refractivity contribution in [3.05, 3.63) is 59.2 Å². The molecule has 2 N–H and O–H groups in total. The van der Waals surface area contributed by atoms with Crippen LogP contribution in [0.3, 0.4) is 0 Å². The molecule has 26 heavy (non-hydrogen) atoms. The quantitative estimate of drug-likeness (QED) is 0.799. The molecule has 1 heterocycles. The lowest BCUT2D eigenvalue weighted by molar-refractivity contribution is 0.171. The van der Waals surface area contributed by atoms with E-state index in [9.17, 15) is 5.11 Å². The highest BCUT2D eigenvalue weighted by Crippen LogP contribution is 2.30. The number of ether oxygens (including phenoxy) is 3. The van der Waals surface area contributed by atoms with E-state index in [0.29, 0.717) is 24.7 Å². The van der Waals surface area contributed by atoms with E-state index in [0.717, 1.165) is 22.4 Å². The van der Waals surface area contributed by atoms with Crippen LogP contribution in [-0.2, 0) is 0 Å². The third-order valence-corrected chi connectivity index (χ3v) is 4.62. The van der Waals surface area contributed by atoms with Gasteiger partial charge in [-0.05, 0) is 42.3 Å². The van der Waals surface area contributed by atoms with Crippen LogP contribution < -0.4 is 19.5 Å². The molecular weight excluding hydrogens is 330 g/mol. The van der Waals surface area contributed by atoms with Crippen molar-refractivity contribution in [1.29, 1.82) is 0 Å². The molecule has 2 aromatic rings. The van der Waals surface area contributed by atoms with Crippen molar-refractivity contribution < 1.29 is 19.3 Å². The van der Waals surface area contributed by atoms with Crippen LogP contribution >= 0.6 is 0 Å². The topological polar surface area (TPSA) is 60.0 Å². The monoisotopic (exact) mass is 355 g/mol. The molecule has 0 bridgehead atoms. The predicted octanol–water partition coefficient (Wildman–Crippen LogP) is 3.19. The summed E-state index contributed by atoms with van der Waals surface area (Å²) < 4.78 is 16.3. The largest absolute Gasteiger partial charge is 0.493 e. The number of benzene rings is 2. The molecule has 1 aliphatic heterocycles. The maximum atomic E-state index is 10.5. The van der Waals surface area contributed by atoms with Crippen molar-refractivity contribution in [2.45, 2.75) is 19.1 Å². The van der Waals surface area contributed by atoms with E-state index >= 15 is 0 Å². The summed E-state index contributed by atoms with van der Waals surface area (Å²) in [6, 6.07) is 13.5. The van der Waals surface area contributed by atoms with Crippen LogP contribution in [0.15, 0.2) is 48.0 Å². The average molecular weight is 355 g/mol. The van der Waals surface area contributed by atoms with E-state index in [1.54, 1.807) is 26.4 Å². The highest BCUT2D eigenvalue weighted by molar-refractivity contribution is 5.62. The van der Waals surface area contributed by atoms with Gasteiger partial charge in [0.05, 0.1) is 20.3 Å². The third kappa shape index (κ3) is 4.00. The fraction of sp³-hybridized carbons (Fsp3) is 0.333. The van der Waals surface area contributed by atoms with Gasteiger partial charge in [0, 0.05) is 18.2 Å². The molecule has 0 saturated carbocycles. The lowest BCUT2D eigenvalue weighted by Crippen LogP contribution is -2.34. The number of rotatable bonds is 7. The van der Waals surface area contributed by atoms with E-state index in [-0.39, 0.29) is 6.04 Å². The summed E-state index contributed by atoms with van der Waals surface area (Å²) in [6.07, 6.45) is 1.51. The van der Waals surface area contributed by atoms with E-state index in [4.69, 9.17) is 14.2 Å². The average Bonchev–Trinajstić information content (AvgIpc) is 2.70. The van der Waals surface area contributed by atoms with Gasteiger partial charge in [0.2, 0.25) is 0 Å². The molecule has 3 rings (SSSR count). The molecule has 2 aromatic carbocycles. The van der Waals surface area contributed by atoms with Gasteiger partial charge in [-0.25, -0.2) is 0 Å². The van der Waals surface area contributed by atoms with Crippen LogP contribution in [0.5, 0.6) is 17.2 Å². The summed E-state index contributed by atoms with van der Waals surface area (Å²) in [6.45, 7) is 3.05. The van der Waals surface area contributed by atoms with Crippen LogP contribution in [0.2, 0.25) is 0 Å². The minimum Gasteiger partial charge on any atom is -0.493 e. The maximum absolute atomic E-state index is 10.5. The van der Waals surface area contributed by atoms with Crippen LogP contribution in [0.4, 0.5) is 0 Å². The standard InChI is InChI=1S/C21H25NO4/c1-14(17-10-16-6-4-5-7-19(16)26-13-17)22-12-18(23)15-8-9-20(24-2)21(11-15)25-3/h4-11,14,18,22-23H,12-13H2,1-3H3. The third-order valence-electron chi connectivity index (χ3n) is 4.62. The van der Waals surface area contributed by atoms with Gasteiger partial charge in [-0.1, -0.05) is 24.3 Å². The Kier molecular flexibility index (Phi) is 5.81. The minimum absolute atomic E-state index is 0.0955. The Morgan fingerprint density at radius 2 is 1.88 bits per heavy atom. The highest BCUT2D eigenvalue weighted by Gasteiger charge is 2.18. The number of methoxy groups -OCH3 is 2. The van der Waals surface area contributed by atoms with Gasteiger partial charge in [0.15, 0.2) is 11.5 Å². The smallest absolute Gasteiger partial charge is 0.161 e. The van der Waals surface area contributed by atoms with Crippen molar-refractivity contribution in [3.8, 4) is 17.2 Å². The van der Waals surface area contributed by atoms with Crippen molar-refractivity contribution in [2.24, 2.45) is 0 Å². The highest BCUT2D eigenvalue weighted by atomic mass is 16.5. The number of fused-ring (bicyclic) bond motifs is 1. The molecule has 0 aliphatic carbocycles. The summed E-state index contributed by atoms with van der Waals surface area (Å²) in [7, 11) is 3.18. The lowest BCUT2D eigenvalue weighted by atomic mass is 10.0. The molecule has 0 radical (unpaired) electrons. The second kappa shape index (κ2) is 8.25. The molecule has 5 heteroatoms. The Morgan fingerprint density at radius 3 is 2.65 bits per heavy atom. The van der Waals surface area contributed by atoms with Gasteiger partial charge in [0.25, 0.3) is 0 Å². The first-order valence-electron chi connectivity index (χ1n) is 8.68. The second-order valence-corrected chi connectivity index (χ2v) is 6.31. The van der Waals surface area contributed by atoms with Gasteiger partial charge in [-0.15, -0.1) is 0 Å². The van der Waals surface area contributed by atoms with Crippen molar-refractivity contribution in [1.82, 2.24) is 5.32 Å². The zero-order valence-electron chi connectivity index (χ0n) is 15.4. The van der Waals surface area contributed by atoms with Crippen LogP contribution in [-0.4, -0.2) is 38.5 Å². The van der Waals surface area contributed by atoms with E-state index in [1.807, 2.05) is 30.3 Å². The van der Waals surface area contributed by atoms with E-state index in [1.165, 1.54) is 0 Å². The molecular formula is C21H25NO4. The first kappa shape index (κ1) is 18.3. The normalized spacial score (nSPS) is 15.3. The zero-order chi connectivity index (χ0) is 18.5. The lowest BCUT2D eigenvalue weighted by Gasteiger charge is -2.24. The van der Waals surface area contributed by atoms with Gasteiger partial charge in [-0.2, -0.15) is 0 Å². The number of aliphatic hydroxyl groups excluding tert-OH is 1. The molecule has 2 atom stereocenters. The summed E-state index contributed by atoms with van der Waals surface area (Å²) in [5, 5.41) is 13.9.